The van der Waals surface area contributed by atoms with E-state index in [0.717, 1.165) is 37.0 Å². The third-order valence-electron chi connectivity index (χ3n) is 3.93. The Balaban J connectivity index is 0.00000176. The van der Waals surface area contributed by atoms with Crippen molar-refractivity contribution in [2.24, 2.45) is 5.73 Å². The Morgan fingerprint density at radius 2 is 1.95 bits per heavy atom. The van der Waals surface area contributed by atoms with Gasteiger partial charge in [-0.1, -0.05) is 36.2 Å². The molecule has 1 fully saturated rings. The first-order valence-corrected chi connectivity index (χ1v) is 7.15. The lowest BCUT2D eigenvalue weighted by atomic mass is 9.99. The molecule has 1 saturated carbocycles. The lowest BCUT2D eigenvalue weighted by molar-refractivity contribution is 0.364. The van der Waals surface area contributed by atoms with Crippen LogP contribution in [0.5, 0.6) is 5.75 Å². The Kier molecular flexibility index (Phi) is 5.21. The molecule has 5 nitrogen and oxygen atoms in total. The SMILES string of the molecule is COc1ccccc1/C=C/c1nc(C2(N)CCCC2)no1.Cl. The number of hydrogen-bond donors (Lipinski definition) is 1. The average molecular weight is 322 g/mol. The molecule has 1 aliphatic rings. The minimum absolute atomic E-state index is 0. The van der Waals surface area contributed by atoms with Crippen molar-refractivity contribution < 1.29 is 9.26 Å². The summed E-state index contributed by atoms with van der Waals surface area (Å²) in [5.41, 5.74) is 6.86. The van der Waals surface area contributed by atoms with Gasteiger partial charge < -0.3 is 15.0 Å². The van der Waals surface area contributed by atoms with Gasteiger partial charge in [0.2, 0.25) is 0 Å². The highest BCUT2D eigenvalue weighted by atomic mass is 35.5. The molecule has 0 aliphatic heterocycles. The Morgan fingerprint density at radius 3 is 2.68 bits per heavy atom. The van der Waals surface area contributed by atoms with E-state index in [1.165, 1.54) is 0 Å². The average Bonchev–Trinajstić information content (AvgIpc) is 3.15. The largest absolute Gasteiger partial charge is 0.496 e. The van der Waals surface area contributed by atoms with Crippen LogP contribution >= 0.6 is 12.4 Å². The highest BCUT2D eigenvalue weighted by Gasteiger charge is 2.35. The molecule has 1 aliphatic carbocycles. The number of para-hydroxylation sites is 1. The smallest absolute Gasteiger partial charge is 0.250 e. The first-order chi connectivity index (χ1) is 10.2. The van der Waals surface area contributed by atoms with E-state index in [-0.39, 0.29) is 12.4 Å². The molecule has 1 heterocycles. The summed E-state index contributed by atoms with van der Waals surface area (Å²) in [6, 6.07) is 7.76. The van der Waals surface area contributed by atoms with Crippen molar-refractivity contribution in [2.75, 3.05) is 7.11 Å². The van der Waals surface area contributed by atoms with Gasteiger partial charge in [0.15, 0.2) is 5.82 Å². The second-order valence-electron chi connectivity index (χ2n) is 5.39. The van der Waals surface area contributed by atoms with Crippen molar-refractivity contribution in [3.63, 3.8) is 0 Å². The third kappa shape index (κ3) is 3.31. The maximum absolute atomic E-state index is 6.32. The van der Waals surface area contributed by atoms with Gasteiger partial charge in [0.05, 0.1) is 12.6 Å². The monoisotopic (exact) mass is 321 g/mol. The molecule has 0 spiro atoms. The summed E-state index contributed by atoms with van der Waals surface area (Å²) in [4.78, 5) is 4.40. The zero-order valence-electron chi connectivity index (χ0n) is 12.5. The second kappa shape index (κ2) is 6.94. The van der Waals surface area contributed by atoms with E-state index in [2.05, 4.69) is 10.1 Å². The predicted molar refractivity (Wildman–Crippen MR) is 87.8 cm³/mol. The van der Waals surface area contributed by atoms with Crippen molar-refractivity contribution in [1.82, 2.24) is 10.1 Å². The zero-order valence-corrected chi connectivity index (χ0v) is 13.3. The van der Waals surface area contributed by atoms with Crippen LogP contribution in [0.4, 0.5) is 0 Å². The van der Waals surface area contributed by atoms with Crippen molar-refractivity contribution in [1.29, 1.82) is 0 Å². The fraction of sp³-hybridized carbons (Fsp3) is 0.375. The van der Waals surface area contributed by atoms with Gasteiger partial charge in [-0.2, -0.15) is 4.98 Å². The van der Waals surface area contributed by atoms with Gasteiger partial charge >= 0.3 is 0 Å². The lowest BCUT2D eigenvalue weighted by Crippen LogP contribution is -2.34. The summed E-state index contributed by atoms with van der Waals surface area (Å²) in [6.45, 7) is 0. The molecule has 0 radical (unpaired) electrons. The number of benzene rings is 1. The lowest BCUT2D eigenvalue weighted by Gasteiger charge is -2.17. The minimum atomic E-state index is -0.417. The van der Waals surface area contributed by atoms with E-state index in [1.807, 2.05) is 30.3 Å². The molecule has 0 unspecified atom stereocenters. The first kappa shape index (κ1) is 16.5. The molecule has 3 rings (SSSR count). The summed E-state index contributed by atoms with van der Waals surface area (Å²) in [5, 5.41) is 4.03. The van der Waals surface area contributed by atoms with E-state index in [1.54, 1.807) is 13.2 Å². The summed E-state index contributed by atoms with van der Waals surface area (Å²) in [6.07, 6.45) is 7.76. The highest BCUT2D eigenvalue weighted by Crippen LogP contribution is 2.34. The molecular weight excluding hydrogens is 302 g/mol. The van der Waals surface area contributed by atoms with E-state index in [0.29, 0.717) is 11.7 Å². The number of halogens is 1. The van der Waals surface area contributed by atoms with Crippen LogP contribution in [0.25, 0.3) is 12.2 Å². The summed E-state index contributed by atoms with van der Waals surface area (Å²) >= 11 is 0. The van der Waals surface area contributed by atoms with Crippen molar-refractivity contribution in [2.45, 2.75) is 31.2 Å². The molecule has 0 saturated heterocycles. The number of rotatable bonds is 4. The van der Waals surface area contributed by atoms with E-state index >= 15 is 0 Å². The maximum Gasteiger partial charge on any atom is 0.250 e. The Labute approximate surface area is 136 Å². The molecule has 1 aromatic carbocycles. The maximum atomic E-state index is 6.32. The number of nitrogens with zero attached hydrogens (tertiary/aromatic N) is 2. The van der Waals surface area contributed by atoms with Crippen LogP contribution in [0.2, 0.25) is 0 Å². The fourth-order valence-electron chi connectivity index (χ4n) is 2.70. The van der Waals surface area contributed by atoms with Crippen LogP contribution in [0.15, 0.2) is 28.8 Å². The molecule has 22 heavy (non-hydrogen) atoms. The third-order valence-corrected chi connectivity index (χ3v) is 3.93. The minimum Gasteiger partial charge on any atom is -0.496 e. The molecule has 0 atom stereocenters. The van der Waals surface area contributed by atoms with E-state index in [4.69, 9.17) is 15.0 Å². The van der Waals surface area contributed by atoms with Crippen molar-refractivity contribution >= 4 is 24.6 Å². The van der Waals surface area contributed by atoms with Gasteiger partial charge in [-0.05, 0) is 25.0 Å². The normalized spacial score (nSPS) is 16.6. The Morgan fingerprint density at radius 1 is 1.23 bits per heavy atom. The number of hydrogen-bond acceptors (Lipinski definition) is 5. The van der Waals surface area contributed by atoms with Gasteiger partial charge in [-0.15, -0.1) is 12.4 Å². The topological polar surface area (TPSA) is 74.2 Å². The van der Waals surface area contributed by atoms with Gasteiger partial charge in [0.1, 0.15) is 5.75 Å². The van der Waals surface area contributed by atoms with E-state index in [9.17, 15) is 0 Å². The van der Waals surface area contributed by atoms with Crippen LogP contribution in [0.3, 0.4) is 0 Å². The Bertz CT molecular complexity index is 648. The quantitative estimate of drug-likeness (QED) is 0.934. The molecule has 118 valence electrons. The van der Waals surface area contributed by atoms with Crippen LogP contribution in [-0.4, -0.2) is 17.3 Å². The Hall–Kier alpha value is -1.85. The van der Waals surface area contributed by atoms with Gasteiger partial charge in [0.25, 0.3) is 5.89 Å². The molecule has 6 heteroatoms. The van der Waals surface area contributed by atoms with Crippen LogP contribution in [0.1, 0.15) is 43.0 Å². The van der Waals surface area contributed by atoms with Gasteiger partial charge in [0, 0.05) is 11.6 Å². The molecule has 1 aromatic heterocycles. The highest BCUT2D eigenvalue weighted by molar-refractivity contribution is 5.85. The standard InChI is InChI=1S/C16H19N3O2.ClH/c1-20-13-7-3-2-6-12(13)8-9-14-18-15(19-21-14)16(17)10-4-5-11-16;/h2-3,6-9H,4-5,10-11,17H2,1H3;1H/b9-8+;. The number of aromatic nitrogens is 2. The summed E-state index contributed by atoms with van der Waals surface area (Å²) < 4.78 is 10.6. The van der Waals surface area contributed by atoms with Crippen LogP contribution in [0, 0.1) is 0 Å². The van der Waals surface area contributed by atoms with E-state index < -0.39 is 5.54 Å². The molecule has 2 N–H and O–H groups in total. The predicted octanol–water partition coefficient (Wildman–Crippen LogP) is 3.40. The van der Waals surface area contributed by atoms with Crippen molar-refractivity contribution in [3.8, 4) is 5.75 Å². The molecule has 0 bridgehead atoms. The summed E-state index contributed by atoms with van der Waals surface area (Å²) in [5.74, 6) is 1.88. The van der Waals surface area contributed by atoms with Crippen molar-refractivity contribution in [3.05, 3.63) is 41.5 Å². The number of ether oxygens (including phenoxy) is 1. The molecule has 2 aromatic rings. The number of nitrogens with two attached hydrogens (primary N) is 1. The summed E-state index contributed by atoms with van der Waals surface area (Å²) in [7, 11) is 1.65. The van der Waals surface area contributed by atoms with Crippen LogP contribution < -0.4 is 10.5 Å². The fourth-order valence-corrected chi connectivity index (χ4v) is 2.70. The first-order valence-electron chi connectivity index (χ1n) is 7.15. The molecule has 0 amide bonds. The number of methoxy groups -OCH3 is 1. The molecular formula is C16H20ClN3O2. The van der Waals surface area contributed by atoms with Gasteiger partial charge in [-0.3, -0.25) is 0 Å². The second-order valence-corrected chi connectivity index (χ2v) is 5.39. The van der Waals surface area contributed by atoms with Gasteiger partial charge in [-0.25, -0.2) is 0 Å². The van der Waals surface area contributed by atoms with Crippen LogP contribution in [-0.2, 0) is 5.54 Å². The zero-order chi connectivity index (χ0) is 14.7.